The molecule has 2 aromatic heterocycles. The van der Waals surface area contributed by atoms with E-state index < -0.39 is 0 Å². The lowest BCUT2D eigenvalue weighted by Gasteiger charge is -2.18. The number of aryl methyl sites for hydroxylation is 1. The van der Waals surface area contributed by atoms with Crippen molar-refractivity contribution in [2.45, 2.75) is 20.8 Å². The van der Waals surface area contributed by atoms with Gasteiger partial charge in [-0.3, -0.25) is 4.98 Å². The van der Waals surface area contributed by atoms with Crippen LogP contribution < -0.4 is 10.6 Å². The minimum atomic E-state index is 0.230. The van der Waals surface area contributed by atoms with E-state index in [2.05, 4.69) is 33.8 Å². The summed E-state index contributed by atoms with van der Waals surface area (Å²) < 4.78 is 0. The predicted molar refractivity (Wildman–Crippen MR) is 75.8 cm³/mol. The number of hydrogen-bond donors (Lipinski definition) is 1. The number of hydrogen-bond acceptors (Lipinski definition) is 6. The fourth-order valence-corrected chi connectivity index (χ4v) is 1.83. The topological polar surface area (TPSA) is 80.8 Å². The summed E-state index contributed by atoms with van der Waals surface area (Å²) in [4.78, 5) is 19.0. The maximum Gasteiger partial charge on any atom is 0.230 e. The molecule has 0 spiro atoms. The average Bonchev–Trinajstić information content (AvgIpc) is 2.39. The minimum Gasteiger partial charge on any atom is -0.368 e. The van der Waals surface area contributed by atoms with Crippen LogP contribution in [0.2, 0.25) is 0 Å². The first kappa shape index (κ1) is 13.2. The van der Waals surface area contributed by atoms with Gasteiger partial charge in [-0.25, -0.2) is 0 Å². The number of rotatable bonds is 4. The van der Waals surface area contributed by atoms with Crippen LogP contribution in [-0.2, 0) is 0 Å². The third kappa shape index (κ3) is 2.96. The lowest BCUT2D eigenvalue weighted by molar-refractivity contribution is 0.816. The van der Waals surface area contributed by atoms with Crippen LogP contribution in [0.5, 0.6) is 0 Å². The molecule has 2 heterocycles. The van der Waals surface area contributed by atoms with Gasteiger partial charge in [-0.15, -0.1) is 0 Å². The van der Waals surface area contributed by atoms with Crippen LogP contribution in [0.25, 0.3) is 11.4 Å². The average molecular weight is 258 g/mol. The Kier molecular flexibility index (Phi) is 3.89. The summed E-state index contributed by atoms with van der Waals surface area (Å²) in [5.74, 6) is 1.40. The lowest BCUT2D eigenvalue weighted by Crippen LogP contribution is -2.25. The van der Waals surface area contributed by atoms with Crippen LogP contribution in [0.15, 0.2) is 18.5 Å². The Hall–Kier alpha value is -2.24. The van der Waals surface area contributed by atoms with Crippen molar-refractivity contribution in [1.82, 2.24) is 19.9 Å². The van der Waals surface area contributed by atoms with Crippen LogP contribution in [0, 0.1) is 6.92 Å². The normalized spacial score (nSPS) is 10.5. The van der Waals surface area contributed by atoms with E-state index in [1.54, 1.807) is 12.4 Å². The van der Waals surface area contributed by atoms with Gasteiger partial charge < -0.3 is 10.6 Å². The van der Waals surface area contributed by atoms with Gasteiger partial charge in [-0.1, -0.05) is 0 Å². The number of anilines is 2. The molecule has 2 rings (SSSR count). The molecule has 0 bridgehead atoms. The van der Waals surface area contributed by atoms with Crippen LogP contribution in [0.3, 0.4) is 0 Å². The highest BCUT2D eigenvalue weighted by atomic mass is 15.3. The number of nitrogen functional groups attached to an aromatic ring is 1. The summed E-state index contributed by atoms with van der Waals surface area (Å²) in [6, 6.07) is 1.98. The zero-order valence-electron chi connectivity index (χ0n) is 11.5. The van der Waals surface area contributed by atoms with Crippen molar-refractivity contribution in [3.8, 4) is 11.4 Å². The number of aromatic nitrogens is 4. The molecule has 2 aromatic rings. The highest BCUT2D eigenvalue weighted by molar-refractivity contribution is 5.57. The maximum atomic E-state index is 5.77. The van der Waals surface area contributed by atoms with Crippen LogP contribution in [0.1, 0.15) is 19.4 Å². The summed E-state index contributed by atoms with van der Waals surface area (Å²) in [5, 5.41) is 0. The smallest absolute Gasteiger partial charge is 0.230 e. The van der Waals surface area contributed by atoms with Crippen molar-refractivity contribution >= 4 is 11.9 Å². The van der Waals surface area contributed by atoms with Crippen molar-refractivity contribution in [3.63, 3.8) is 0 Å². The van der Waals surface area contributed by atoms with Crippen LogP contribution in [-0.4, -0.2) is 33.0 Å². The zero-order valence-corrected chi connectivity index (χ0v) is 11.5. The first-order valence-corrected chi connectivity index (χ1v) is 6.32. The van der Waals surface area contributed by atoms with E-state index in [0.29, 0.717) is 11.8 Å². The fraction of sp³-hybridized carbons (Fsp3) is 0.385. The van der Waals surface area contributed by atoms with Crippen molar-refractivity contribution < 1.29 is 0 Å². The molecule has 0 saturated carbocycles. The molecule has 2 N–H and O–H groups in total. The van der Waals surface area contributed by atoms with E-state index in [1.807, 2.05) is 17.9 Å². The van der Waals surface area contributed by atoms with Gasteiger partial charge in [0.25, 0.3) is 0 Å². The predicted octanol–water partition coefficient (Wildman–Crippen LogP) is 1.67. The molecular weight excluding hydrogens is 240 g/mol. The van der Waals surface area contributed by atoms with Crippen molar-refractivity contribution in [1.29, 1.82) is 0 Å². The number of nitrogens with zero attached hydrogens (tertiary/aromatic N) is 5. The fourth-order valence-electron chi connectivity index (χ4n) is 1.83. The summed E-state index contributed by atoms with van der Waals surface area (Å²) in [5.41, 5.74) is 7.68. The molecule has 0 atom stereocenters. The standard InChI is InChI=1S/C13H18N6/c1-4-19(5-2)13-17-11(16-12(14)18-13)10-6-9(3)7-15-8-10/h6-8H,4-5H2,1-3H3,(H2,14,16,17,18). The Bertz CT molecular complexity index is 565. The molecule has 0 amide bonds. The van der Waals surface area contributed by atoms with E-state index in [1.165, 1.54) is 0 Å². The molecule has 0 fully saturated rings. The summed E-state index contributed by atoms with van der Waals surface area (Å²) in [6.45, 7) is 7.73. The molecule has 6 nitrogen and oxygen atoms in total. The zero-order chi connectivity index (χ0) is 13.8. The molecule has 0 unspecified atom stereocenters. The Morgan fingerprint density at radius 3 is 2.47 bits per heavy atom. The van der Waals surface area contributed by atoms with Gasteiger partial charge >= 0.3 is 0 Å². The van der Waals surface area contributed by atoms with Gasteiger partial charge in [0.1, 0.15) is 0 Å². The van der Waals surface area contributed by atoms with Gasteiger partial charge in [0.2, 0.25) is 11.9 Å². The molecule has 0 aliphatic carbocycles. The van der Waals surface area contributed by atoms with Gasteiger partial charge in [0.15, 0.2) is 5.82 Å². The van der Waals surface area contributed by atoms with Crippen molar-refractivity contribution in [2.75, 3.05) is 23.7 Å². The van der Waals surface area contributed by atoms with Crippen molar-refractivity contribution in [3.05, 3.63) is 24.0 Å². The quantitative estimate of drug-likeness (QED) is 0.898. The Morgan fingerprint density at radius 1 is 1.11 bits per heavy atom. The summed E-state index contributed by atoms with van der Waals surface area (Å²) >= 11 is 0. The third-order valence-corrected chi connectivity index (χ3v) is 2.82. The molecule has 0 saturated heterocycles. The van der Waals surface area contributed by atoms with Crippen LogP contribution >= 0.6 is 0 Å². The monoisotopic (exact) mass is 258 g/mol. The summed E-state index contributed by atoms with van der Waals surface area (Å²) in [7, 11) is 0. The summed E-state index contributed by atoms with van der Waals surface area (Å²) in [6.07, 6.45) is 3.52. The molecule has 0 aliphatic heterocycles. The highest BCUT2D eigenvalue weighted by Gasteiger charge is 2.11. The lowest BCUT2D eigenvalue weighted by atomic mass is 10.2. The van der Waals surface area contributed by atoms with E-state index >= 15 is 0 Å². The second-order valence-electron chi connectivity index (χ2n) is 4.24. The number of nitrogens with two attached hydrogens (primary N) is 1. The minimum absolute atomic E-state index is 0.230. The second kappa shape index (κ2) is 5.60. The molecule has 100 valence electrons. The van der Waals surface area contributed by atoms with Crippen molar-refractivity contribution in [2.24, 2.45) is 0 Å². The Morgan fingerprint density at radius 2 is 1.84 bits per heavy atom. The second-order valence-corrected chi connectivity index (χ2v) is 4.24. The van der Waals surface area contributed by atoms with E-state index in [4.69, 9.17) is 5.73 Å². The molecule has 19 heavy (non-hydrogen) atoms. The highest BCUT2D eigenvalue weighted by Crippen LogP contribution is 2.18. The third-order valence-electron chi connectivity index (χ3n) is 2.82. The molecule has 0 radical (unpaired) electrons. The first-order chi connectivity index (χ1) is 9.13. The number of pyridine rings is 1. The van der Waals surface area contributed by atoms with E-state index in [-0.39, 0.29) is 5.95 Å². The van der Waals surface area contributed by atoms with E-state index in [0.717, 1.165) is 24.2 Å². The molecule has 6 heteroatoms. The van der Waals surface area contributed by atoms with Gasteiger partial charge in [0.05, 0.1) is 0 Å². The van der Waals surface area contributed by atoms with Gasteiger partial charge in [-0.2, -0.15) is 15.0 Å². The van der Waals surface area contributed by atoms with Gasteiger partial charge in [-0.05, 0) is 32.4 Å². The van der Waals surface area contributed by atoms with Gasteiger partial charge in [0, 0.05) is 31.0 Å². The van der Waals surface area contributed by atoms with Crippen LogP contribution in [0.4, 0.5) is 11.9 Å². The molecule has 0 aromatic carbocycles. The SMILES string of the molecule is CCN(CC)c1nc(N)nc(-c2cncc(C)c2)n1. The molecule has 0 aliphatic rings. The maximum absolute atomic E-state index is 5.77. The Balaban J connectivity index is 2.47. The first-order valence-electron chi connectivity index (χ1n) is 6.32. The largest absolute Gasteiger partial charge is 0.368 e. The Labute approximate surface area is 112 Å². The van der Waals surface area contributed by atoms with E-state index in [9.17, 15) is 0 Å². The molecular formula is C13H18N6.